The monoisotopic (exact) mass is 489 g/mol. The van der Waals surface area contributed by atoms with Crippen molar-refractivity contribution < 1.29 is 9.21 Å². The predicted octanol–water partition coefficient (Wildman–Crippen LogP) is 6.55. The molecule has 0 aliphatic carbocycles. The van der Waals surface area contributed by atoms with E-state index in [4.69, 9.17) is 4.42 Å². The zero-order valence-electron chi connectivity index (χ0n) is 19.2. The van der Waals surface area contributed by atoms with Gasteiger partial charge in [-0.1, -0.05) is 78.1 Å². The summed E-state index contributed by atoms with van der Waals surface area (Å²) in [4.78, 5) is 31.4. The van der Waals surface area contributed by atoms with E-state index in [1.54, 1.807) is 18.3 Å². The van der Waals surface area contributed by atoms with Gasteiger partial charge >= 0.3 is 5.63 Å². The molecule has 0 N–H and O–H groups in total. The summed E-state index contributed by atoms with van der Waals surface area (Å²) in [6, 6.07) is 28.3. The highest BCUT2D eigenvalue weighted by atomic mass is 32.1. The van der Waals surface area contributed by atoms with Crippen molar-refractivity contribution in [3.63, 3.8) is 0 Å². The molecule has 0 saturated carbocycles. The maximum absolute atomic E-state index is 13.8. The highest BCUT2D eigenvalue weighted by Crippen LogP contribution is 2.31. The summed E-state index contributed by atoms with van der Waals surface area (Å²) < 4.78 is 6.50. The molecule has 0 atom stereocenters. The Morgan fingerprint density at radius 1 is 0.944 bits per heavy atom. The second-order valence-electron chi connectivity index (χ2n) is 8.39. The Morgan fingerprint density at radius 2 is 1.75 bits per heavy atom. The van der Waals surface area contributed by atoms with Crippen LogP contribution < -0.4 is 10.6 Å². The van der Waals surface area contributed by atoms with Crippen LogP contribution in [-0.4, -0.2) is 17.1 Å². The number of hydrogen-bond donors (Lipinski definition) is 0. The van der Waals surface area contributed by atoms with Gasteiger partial charge in [0.2, 0.25) is 5.13 Å². The molecule has 6 aromatic rings. The lowest BCUT2D eigenvalue weighted by Gasteiger charge is -2.13. The molecule has 174 valence electrons. The molecule has 1 amide bonds. The van der Waals surface area contributed by atoms with E-state index in [9.17, 15) is 9.59 Å². The lowest BCUT2D eigenvalue weighted by atomic mass is 10.0. The highest BCUT2D eigenvalue weighted by Gasteiger charge is 2.25. The number of aryl methyl sites for hydroxylation is 1. The third-order valence-electron chi connectivity index (χ3n) is 5.90. The highest BCUT2D eigenvalue weighted by molar-refractivity contribution is 7.22. The average molecular weight is 490 g/mol. The Labute approximate surface area is 209 Å². The predicted molar refractivity (Wildman–Crippen MR) is 145 cm³/mol. The van der Waals surface area contributed by atoms with Crippen LogP contribution >= 0.6 is 11.3 Å². The molecule has 0 bridgehead atoms. The van der Waals surface area contributed by atoms with Crippen molar-refractivity contribution in [1.82, 2.24) is 4.98 Å². The SMILES string of the molecule is Cc1ccc2nc(N(/N=C/c3ccccc3)C(=O)c3cc4c(ccc5ccccc54)oc3=O)sc2c1. The number of benzene rings is 4. The Morgan fingerprint density at radius 3 is 2.61 bits per heavy atom. The first kappa shape index (κ1) is 21.9. The van der Waals surface area contributed by atoms with Gasteiger partial charge in [0, 0.05) is 5.39 Å². The van der Waals surface area contributed by atoms with Crippen LogP contribution in [0, 0.1) is 6.92 Å². The fraction of sp³-hybridized carbons (Fsp3) is 0.0345. The third kappa shape index (κ3) is 3.95. The Hall–Kier alpha value is -4.62. The van der Waals surface area contributed by atoms with E-state index in [1.165, 1.54) is 16.3 Å². The normalized spacial score (nSPS) is 11.6. The van der Waals surface area contributed by atoms with Crippen LogP contribution in [-0.2, 0) is 0 Å². The smallest absolute Gasteiger partial charge is 0.349 e. The van der Waals surface area contributed by atoms with Gasteiger partial charge in [-0.3, -0.25) is 4.79 Å². The van der Waals surface area contributed by atoms with E-state index in [-0.39, 0.29) is 5.56 Å². The van der Waals surface area contributed by atoms with E-state index >= 15 is 0 Å². The summed E-state index contributed by atoms with van der Waals surface area (Å²) >= 11 is 1.34. The van der Waals surface area contributed by atoms with Crippen LogP contribution in [0.25, 0.3) is 32.0 Å². The lowest BCUT2D eigenvalue weighted by molar-refractivity contribution is 0.0984. The molecule has 7 heteroatoms. The fourth-order valence-electron chi connectivity index (χ4n) is 4.10. The van der Waals surface area contributed by atoms with E-state index < -0.39 is 11.5 Å². The number of nitrogens with zero attached hydrogens (tertiary/aromatic N) is 3. The van der Waals surface area contributed by atoms with Crippen molar-refractivity contribution in [3.8, 4) is 0 Å². The molecule has 0 radical (unpaired) electrons. The quantitative estimate of drug-likeness (QED) is 0.122. The second kappa shape index (κ2) is 8.87. The van der Waals surface area contributed by atoms with Gasteiger partial charge in [0.15, 0.2) is 0 Å². The Kier molecular flexibility index (Phi) is 5.39. The molecule has 0 aliphatic heterocycles. The summed E-state index contributed by atoms with van der Waals surface area (Å²) in [5.74, 6) is -0.610. The van der Waals surface area contributed by atoms with Gasteiger partial charge < -0.3 is 4.42 Å². The van der Waals surface area contributed by atoms with Crippen molar-refractivity contribution in [2.24, 2.45) is 5.10 Å². The van der Waals surface area contributed by atoms with E-state index in [0.29, 0.717) is 16.1 Å². The number of carbonyl (C=O) groups is 1. The van der Waals surface area contributed by atoms with Crippen LogP contribution in [0.4, 0.5) is 5.13 Å². The summed E-state index contributed by atoms with van der Waals surface area (Å²) in [7, 11) is 0. The van der Waals surface area contributed by atoms with Gasteiger partial charge in [-0.15, -0.1) is 0 Å². The van der Waals surface area contributed by atoms with E-state index in [2.05, 4.69) is 10.1 Å². The minimum Gasteiger partial charge on any atom is -0.422 e. The molecule has 6 rings (SSSR count). The number of aromatic nitrogens is 1. The average Bonchev–Trinajstić information content (AvgIpc) is 3.31. The molecule has 2 aromatic heterocycles. The van der Waals surface area contributed by atoms with Crippen LogP contribution in [0.1, 0.15) is 21.5 Å². The van der Waals surface area contributed by atoms with Gasteiger partial charge in [0.25, 0.3) is 5.91 Å². The second-order valence-corrected chi connectivity index (χ2v) is 9.39. The van der Waals surface area contributed by atoms with Crippen LogP contribution in [0.5, 0.6) is 0 Å². The lowest BCUT2D eigenvalue weighted by Crippen LogP contribution is -2.30. The zero-order valence-corrected chi connectivity index (χ0v) is 20.0. The summed E-state index contributed by atoms with van der Waals surface area (Å²) in [6.45, 7) is 2.00. The first-order chi connectivity index (χ1) is 17.6. The van der Waals surface area contributed by atoms with Crippen molar-refractivity contribution in [3.05, 3.63) is 118 Å². The largest absolute Gasteiger partial charge is 0.422 e. The topological polar surface area (TPSA) is 75.8 Å². The fourth-order valence-corrected chi connectivity index (χ4v) is 5.12. The van der Waals surface area contributed by atoms with Crippen LogP contribution in [0.3, 0.4) is 0 Å². The number of hydrogen-bond acceptors (Lipinski definition) is 6. The minimum atomic E-state index is -0.723. The number of hydrazone groups is 1. The summed E-state index contributed by atoms with van der Waals surface area (Å²) in [5, 5.41) is 8.57. The molecular weight excluding hydrogens is 470 g/mol. The van der Waals surface area contributed by atoms with Crippen molar-refractivity contribution in [1.29, 1.82) is 0 Å². The number of amides is 1. The van der Waals surface area contributed by atoms with E-state index in [1.807, 2.05) is 85.8 Å². The van der Waals surface area contributed by atoms with Gasteiger partial charge in [-0.2, -0.15) is 10.1 Å². The maximum Gasteiger partial charge on any atom is 0.349 e. The van der Waals surface area contributed by atoms with Crippen LogP contribution in [0.2, 0.25) is 0 Å². The molecule has 0 fully saturated rings. The minimum absolute atomic E-state index is 0.112. The molecule has 0 unspecified atom stereocenters. The Balaban J connectivity index is 1.51. The van der Waals surface area contributed by atoms with Gasteiger partial charge in [0.05, 0.1) is 16.4 Å². The Bertz CT molecular complexity index is 1860. The van der Waals surface area contributed by atoms with Crippen molar-refractivity contribution in [2.75, 3.05) is 5.01 Å². The molecule has 0 saturated heterocycles. The number of thiazole rings is 1. The first-order valence-electron chi connectivity index (χ1n) is 11.3. The third-order valence-corrected chi connectivity index (χ3v) is 6.89. The maximum atomic E-state index is 13.8. The molecule has 36 heavy (non-hydrogen) atoms. The van der Waals surface area contributed by atoms with Gasteiger partial charge in [-0.05, 0) is 53.1 Å². The number of anilines is 1. The molecular formula is C29H19N3O3S. The number of rotatable bonds is 4. The van der Waals surface area contributed by atoms with Crippen molar-refractivity contribution >= 4 is 60.5 Å². The summed E-state index contributed by atoms with van der Waals surface area (Å²) in [6.07, 6.45) is 1.58. The standard InChI is InChI=1S/C29H19N3O3S/c1-18-11-13-24-26(15-18)36-29(31-24)32(30-17-19-7-3-2-4-8-19)27(33)23-16-22-21-10-6-5-9-20(21)12-14-25(22)35-28(23)34/h2-17H,1H3/b30-17+. The summed E-state index contributed by atoms with van der Waals surface area (Å²) in [5.41, 5.74) is 2.24. The van der Waals surface area contributed by atoms with Crippen LogP contribution in [0.15, 0.2) is 105 Å². The van der Waals surface area contributed by atoms with E-state index in [0.717, 1.165) is 32.1 Å². The zero-order chi connectivity index (χ0) is 24.6. The van der Waals surface area contributed by atoms with Gasteiger partial charge in [-0.25, -0.2) is 9.78 Å². The number of fused-ring (bicyclic) bond motifs is 4. The molecule has 0 spiro atoms. The van der Waals surface area contributed by atoms with Gasteiger partial charge in [0.1, 0.15) is 11.1 Å². The molecule has 6 nitrogen and oxygen atoms in total. The molecule has 0 aliphatic rings. The number of carbonyl (C=O) groups excluding carboxylic acids is 1. The first-order valence-corrected chi connectivity index (χ1v) is 12.1. The molecule has 2 heterocycles. The molecule has 4 aromatic carbocycles. The van der Waals surface area contributed by atoms with Crippen molar-refractivity contribution in [2.45, 2.75) is 6.92 Å².